The highest BCUT2D eigenvalue weighted by Crippen LogP contribution is 2.33. The first-order valence-electron chi connectivity index (χ1n) is 12.2. The molecule has 36 heavy (non-hydrogen) atoms. The molecule has 0 unspecified atom stereocenters. The quantitative estimate of drug-likeness (QED) is 0.411. The lowest BCUT2D eigenvalue weighted by Gasteiger charge is -2.33. The van der Waals surface area contributed by atoms with Crippen LogP contribution in [0.5, 0.6) is 0 Å². The van der Waals surface area contributed by atoms with E-state index in [1.54, 1.807) is 30.3 Å². The van der Waals surface area contributed by atoms with Crippen LogP contribution < -0.4 is 10.2 Å². The third-order valence-corrected chi connectivity index (χ3v) is 6.76. The molecule has 3 aromatic carbocycles. The van der Waals surface area contributed by atoms with Crippen molar-refractivity contribution in [2.45, 2.75) is 51.2 Å². The minimum absolute atomic E-state index is 0.0138. The summed E-state index contributed by atoms with van der Waals surface area (Å²) in [4.78, 5) is 29.2. The number of nitrogens with zero attached hydrogens (tertiary/aromatic N) is 4. The van der Waals surface area contributed by atoms with Crippen molar-refractivity contribution in [3.05, 3.63) is 89.7 Å². The Morgan fingerprint density at radius 2 is 1.72 bits per heavy atom. The van der Waals surface area contributed by atoms with Crippen LogP contribution in [-0.4, -0.2) is 32.9 Å². The first-order valence-corrected chi connectivity index (χ1v) is 12.2. The summed E-state index contributed by atoms with van der Waals surface area (Å²) in [5.41, 5.74) is 2.85. The van der Waals surface area contributed by atoms with E-state index in [-0.39, 0.29) is 18.2 Å². The summed E-state index contributed by atoms with van der Waals surface area (Å²) in [5, 5.41) is 11.4. The molecule has 1 N–H and O–H groups in total. The van der Waals surface area contributed by atoms with Crippen molar-refractivity contribution in [2.24, 2.45) is 0 Å². The minimum atomic E-state index is -1.19. The van der Waals surface area contributed by atoms with E-state index in [9.17, 15) is 9.59 Å². The molecule has 1 saturated carbocycles. The zero-order valence-corrected chi connectivity index (χ0v) is 20.1. The topological polar surface area (TPSA) is 80.1 Å². The second kappa shape index (κ2) is 10.3. The molecule has 0 radical (unpaired) electrons. The van der Waals surface area contributed by atoms with Gasteiger partial charge in [0, 0.05) is 17.3 Å². The Labute approximate surface area is 208 Å². The molecular formula is C28H28FN5O2. The standard InChI is InChI=1S/C28H28FN5O2/c1-19-10-2-8-16-24(19)34(26(35)18-33-25-17-9-7-15-23(25)31-32-33)27(21-13-5-6-14-22(21)29)28(36)30-20-11-3-4-12-20/h2,5-10,13-17,20,27H,3-4,11-12,18H2,1H3,(H,30,36)/t27-/m0/s1. The number of anilines is 1. The maximum absolute atomic E-state index is 15.2. The molecule has 8 heteroatoms. The van der Waals surface area contributed by atoms with Gasteiger partial charge in [0.1, 0.15) is 23.9 Å². The van der Waals surface area contributed by atoms with Gasteiger partial charge in [0.05, 0.1) is 5.52 Å². The molecule has 1 aromatic heterocycles. The third-order valence-electron chi connectivity index (χ3n) is 6.76. The van der Waals surface area contributed by atoms with Gasteiger partial charge in [0.2, 0.25) is 11.8 Å². The van der Waals surface area contributed by atoms with Crippen LogP contribution in [0.1, 0.15) is 42.9 Å². The molecule has 0 saturated heterocycles. The molecular weight excluding hydrogens is 457 g/mol. The molecule has 0 spiro atoms. The second-order valence-corrected chi connectivity index (χ2v) is 9.20. The lowest BCUT2D eigenvalue weighted by Crippen LogP contribution is -2.47. The number of rotatable bonds is 7. The highest BCUT2D eigenvalue weighted by Gasteiger charge is 2.36. The molecule has 5 rings (SSSR count). The summed E-state index contributed by atoms with van der Waals surface area (Å²) in [7, 11) is 0. The summed E-state index contributed by atoms with van der Waals surface area (Å²) in [5.74, 6) is -1.33. The maximum Gasteiger partial charge on any atom is 0.249 e. The van der Waals surface area contributed by atoms with Gasteiger partial charge in [0.15, 0.2) is 0 Å². The molecule has 0 bridgehead atoms. The van der Waals surface area contributed by atoms with Crippen LogP contribution in [0.15, 0.2) is 72.8 Å². The SMILES string of the molecule is Cc1ccccc1N(C(=O)Cn1nnc2ccccc21)[C@H](C(=O)NC1CCCC1)c1ccccc1F. The number of hydrogen-bond acceptors (Lipinski definition) is 4. The second-order valence-electron chi connectivity index (χ2n) is 9.20. The normalized spacial score (nSPS) is 14.6. The van der Waals surface area contributed by atoms with Crippen molar-refractivity contribution in [1.82, 2.24) is 20.3 Å². The number of aromatic nitrogens is 3. The van der Waals surface area contributed by atoms with Gasteiger partial charge >= 0.3 is 0 Å². The van der Waals surface area contributed by atoms with Crippen molar-refractivity contribution >= 4 is 28.5 Å². The lowest BCUT2D eigenvalue weighted by atomic mass is 10.0. The molecule has 4 aromatic rings. The van der Waals surface area contributed by atoms with E-state index < -0.39 is 23.7 Å². The average Bonchev–Trinajstić information content (AvgIpc) is 3.54. The minimum Gasteiger partial charge on any atom is -0.351 e. The monoisotopic (exact) mass is 485 g/mol. The molecule has 1 heterocycles. The smallest absolute Gasteiger partial charge is 0.249 e. The Balaban J connectivity index is 1.60. The van der Waals surface area contributed by atoms with Gasteiger partial charge in [-0.3, -0.25) is 14.5 Å². The van der Waals surface area contributed by atoms with Gasteiger partial charge in [-0.25, -0.2) is 9.07 Å². The predicted octanol–water partition coefficient (Wildman–Crippen LogP) is 4.71. The number of carbonyl (C=O) groups is 2. The van der Waals surface area contributed by atoms with E-state index in [4.69, 9.17) is 0 Å². The number of amides is 2. The van der Waals surface area contributed by atoms with Gasteiger partial charge < -0.3 is 5.32 Å². The van der Waals surface area contributed by atoms with Gasteiger partial charge in [-0.15, -0.1) is 5.10 Å². The van der Waals surface area contributed by atoms with Crippen molar-refractivity contribution in [2.75, 3.05) is 4.90 Å². The van der Waals surface area contributed by atoms with Gasteiger partial charge in [-0.1, -0.05) is 66.6 Å². The van der Waals surface area contributed by atoms with E-state index in [1.807, 2.05) is 43.3 Å². The van der Waals surface area contributed by atoms with Crippen LogP contribution >= 0.6 is 0 Å². The van der Waals surface area contributed by atoms with E-state index in [2.05, 4.69) is 15.6 Å². The number of aryl methyl sites for hydroxylation is 1. The van der Waals surface area contributed by atoms with Crippen LogP contribution in [0.25, 0.3) is 11.0 Å². The Bertz CT molecular complexity index is 1400. The number of fused-ring (bicyclic) bond motifs is 1. The van der Waals surface area contributed by atoms with Crippen LogP contribution in [0.4, 0.5) is 10.1 Å². The van der Waals surface area contributed by atoms with E-state index in [1.165, 1.54) is 15.6 Å². The van der Waals surface area contributed by atoms with Crippen molar-refractivity contribution in [3.63, 3.8) is 0 Å². The highest BCUT2D eigenvalue weighted by molar-refractivity contribution is 6.02. The Hall–Kier alpha value is -4.07. The van der Waals surface area contributed by atoms with Crippen LogP contribution in [0.3, 0.4) is 0 Å². The summed E-state index contributed by atoms with van der Waals surface area (Å²) < 4.78 is 16.7. The molecule has 1 aliphatic carbocycles. The molecule has 7 nitrogen and oxygen atoms in total. The van der Waals surface area contributed by atoms with Crippen molar-refractivity contribution < 1.29 is 14.0 Å². The van der Waals surface area contributed by atoms with Gasteiger partial charge in [-0.05, 0) is 49.6 Å². The summed E-state index contributed by atoms with van der Waals surface area (Å²) in [6.07, 6.45) is 3.82. The summed E-state index contributed by atoms with van der Waals surface area (Å²) in [6, 6.07) is 19.6. The first-order chi connectivity index (χ1) is 17.5. The molecule has 184 valence electrons. The zero-order chi connectivity index (χ0) is 25.1. The molecule has 1 atom stereocenters. The number of benzene rings is 3. The van der Waals surface area contributed by atoms with E-state index >= 15 is 4.39 Å². The van der Waals surface area contributed by atoms with Crippen LogP contribution in [0.2, 0.25) is 0 Å². The fraction of sp³-hybridized carbons (Fsp3) is 0.286. The lowest BCUT2D eigenvalue weighted by molar-refractivity contribution is -0.127. The number of para-hydroxylation sites is 2. The average molecular weight is 486 g/mol. The number of halogens is 1. The maximum atomic E-state index is 15.2. The Morgan fingerprint density at radius 3 is 2.50 bits per heavy atom. The van der Waals surface area contributed by atoms with Crippen LogP contribution in [-0.2, 0) is 16.1 Å². The summed E-state index contributed by atoms with van der Waals surface area (Å²) in [6.45, 7) is 1.71. The number of carbonyl (C=O) groups excluding carboxylic acids is 2. The fourth-order valence-corrected chi connectivity index (χ4v) is 4.93. The van der Waals surface area contributed by atoms with Crippen LogP contribution in [0, 0.1) is 12.7 Å². The van der Waals surface area contributed by atoms with Gasteiger partial charge in [0.25, 0.3) is 0 Å². The van der Waals surface area contributed by atoms with E-state index in [0.29, 0.717) is 16.7 Å². The van der Waals surface area contributed by atoms with Gasteiger partial charge in [-0.2, -0.15) is 0 Å². The fourth-order valence-electron chi connectivity index (χ4n) is 4.93. The molecule has 2 amide bonds. The third kappa shape index (κ3) is 4.71. The Kier molecular flexibility index (Phi) is 6.75. The van der Waals surface area contributed by atoms with Crippen molar-refractivity contribution in [3.8, 4) is 0 Å². The summed E-state index contributed by atoms with van der Waals surface area (Å²) >= 11 is 0. The Morgan fingerprint density at radius 1 is 1.03 bits per heavy atom. The van der Waals surface area contributed by atoms with Crippen molar-refractivity contribution in [1.29, 1.82) is 0 Å². The molecule has 0 aliphatic heterocycles. The largest absolute Gasteiger partial charge is 0.351 e. The highest BCUT2D eigenvalue weighted by atomic mass is 19.1. The predicted molar refractivity (Wildman–Crippen MR) is 136 cm³/mol. The molecule has 1 aliphatic rings. The zero-order valence-electron chi connectivity index (χ0n) is 20.1. The molecule has 1 fully saturated rings. The number of nitrogens with one attached hydrogen (secondary N) is 1. The first kappa shape index (κ1) is 23.7. The van der Waals surface area contributed by atoms with E-state index in [0.717, 1.165) is 31.2 Å². The number of hydrogen-bond donors (Lipinski definition) is 1.